The van der Waals surface area contributed by atoms with E-state index < -0.39 is 0 Å². The summed E-state index contributed by atoms with van der Waals surface area (Å²) in [5, 5.41) is 9.63. The number of nitrogens with zero attached hydrogens (tertiary/aromatic N) is 4. The van der Waals surface area contributed by atoms with E-state index in [1.54, 1.807) is 6.33 Å². The van der Waals surface area contributed by atoms with Gasteiger partial charge >= 0.3 is 0 Å². The van der Waals surface area contributed by atoms with Crippen molar-refractivity contribution in [2.24, 2.45) is 0 Å². The number of hydrogen-bond acceptors (Lipinski definition) is 5. The first kappa shape index (κ1) is 15.1. The van der Waals surface area contributed by atoms with Gasteiger partial charge in [0.1, 0.15) is 12.1 Å². The molecule has 0 spiro atoms. The van der Waals surface area contributed by atoms with Gasteiger partial charge in [-0.05, 0) is 38.5 Å². The average Bonchev–Trinajstić information content (AvgIpc) is 3.07. The van der Waals surface area contributed by atoms with Crippen molar-refractivity contribution in [2.75, 3.05) is 0 Å². The Balaban J connectivity index is 1.81. The van der Waals surface area contributed by atoms with Crippen molar-refractivity contribution >= 4 is 23.4 Å². The minimum atomic E-state index is 0.604. The Labute approximate surface area is 137 Å². The number of thioether (sulfide) groups is 1. The second-order valence-electron chi connectivity index (χ2n) is 4.95. The molecule has 0 atom stereocenters. The Kier molecular flexibility index (Phi) is 4.22. The smallest absolute Gasteiger partial charge is 0.205 e. The van der Waals surface area contributed by atoms with Gasteiger partial charge in [-0.3, -0.25) is 4.57 Å². The van der Waals surface area contributed by atoms with Crippen LogP contribution in [0.2, 0.25) is 5.02 Å². The summed E-state index contributed by atoms with van der Waals surface area (Å²) in [5.74, 6) is 2.14. The Morgan fingerprint density at radius 3 is 2.77 bits per heavy atom. The van der Waals surface area contributed by atoms with E-state index in [9.17, 15) is 0 Å². The number of rotatable bonds is 4. The van der Waals surface area contributed by atoms with Gasteiger partial charge in [-0.2, -0.15) is 0 Å². The van der Waals surface area contributed by atoms with E-state index in [2.05, 4.69) is 15.2 Å². The molecule has 2 aromatic heterocycles. The molecule has 0 aliphatic heterocycles. The lowest BCUT2D eigenvalue weighted by Gasteiger charge is -2.07. The summed E-state index contributed by atoms with van der Waals surface area (Å²) in [6.07, 6.45) is 1.68. The largest absolute Gasteiger partial charge is 0.445 e. The van der Waals surface area contributed by atoms with Gasteiger partial charge in [0.25, 0.3) is 0 Å². The third kappa shape index (κ3) is 3.03. The van der Waals surface area contributed by atoms with Crippen LogP contribution < -0.4 is 0 Å². The summed E-state index contributed by atoms with van der Waals surface area (Å²) in [5.41, 5.74) is 2.89. The summed E-state index contributed by atoms with van der Waals surface area (Å²) < 4.78 is 7.48. The molecule has 0 amide bonds. The fourth-order valence-electron chi connectivity index (χ4n) is 1.96. The Morgan fingerprint density at radius 2 is 2.09 bits per heavy atom. The summed E-state index contributed by atoms with van der Waals surface area (Å²) in [6.45, 7) is 5.82. The van der Waals surface area contributed by atoms with Crippen molar-refractivity contribution in [2.45, 2.75) is 31.7 Å². The molecule has 0 N–H and O–H groups in total. The summed E-state index contributed by atoms with van der Waals surface area (Å²) in [4.78, 5) is 4.37. The highest BCUT2D eigenvalue weighted by molar-refractivity contribution is 7.98. The van der Waals surface area contributed by atoms with E-state index in [0.29, 0.717) is 11.6 Å². The van der Waals surface area contributed by atoms with Crippen LogP contribution in [0.5, 0.6) is 0 Å². The first-order valence-corrected chi connectivity index (χ1v) is 8.13. The lowest BCUT2D eigenvalue weighted by molar-refractivity contribution is 0.489. The molecule has 0 bridgehead atoms. The van der Waals surface area contributed by atoms with E-state index in [-0.39, 0.29) is 0 Å². The van der Waals surface area contributed by atoms with Crippen LogP contribution in [0.1, 0.15) is 22.9 Å². The molecule has 7 heteroatoms. The van der Waals surface area contributed by atoms with Crippen molar-refractivity contribution in [3.63, 3.8) is 0 Å². The Hall–Kier alpha value is -1.79. The Morgan fingerprint density at radius 1 is 1.27 bits per heavy atom. The monoisotopic (exact) mass is 334 g/mol. The van der Waals surface area contributed by atoms with Crippen molar-refractivity contribution in [3.8, 4) is 5.69 Å². The standard InChI is InChI=1S/C15H15ClN4OS/c1-9-4-5-12(6-13(9)16)20-8-17-19-15(20)22-7-14-18-10(2)11(3)21-14/h4-6,8H,7H2,1-3H3. The highest BCUT2D eigenvalue weighted by Crippen LogP contribution is 2.26. The van der Waals surface area contributed by atoms with Crippen molar-refractivity contribution < 1.29 is 4.42 Å². The van der Waals surface area contributed by atoms with Crippen molar-refractivity contribution in [1.82, 2.24) is 19.7 Å². The zero-order valence-corrected chi connectivity index (χ0v) is 14.1. The van der Waals surface area contributed by atoms with Crippen LogP contribution in [0.25, 0.3) is 5.69 Å². The van der Waals surface area contributed by atoms with Gasteiger partial charge in [0.15, 0.2) is 5.16 Å². The third-order valence-electron chi connectivity index (χ3n) is 3.35. The second kappa shape index (κ2) is 6.14. The zero-order valence-electron chi connectivity index (χ0n) is 12.5. The van der Waals surface area contributed by atoms with Crippen LogP contribution in [0, 0.1) is 20.8 Å². The van der Waals surface area contributed by atoms with Crippen LogP contribution in [-0.4, -0.2) is 19.7 Å². The van der Waals surface area contributed by atoms with Crippen LogP contribution in [-0.2, 0) is 5.75 Å². The normalized spacial score (nSPS) is 11.1. The number of aryl methyl sites for hydroxylation is 3. The summed E-state index contributed by atoms with van der Waals surface area (Å²) in [6, 6.07) is 5.88. The second-order valence-corrected chi connectivity index (χ2v) is 6.30. The first-order valence-electron chi connectivity index (χ1n) is 6.77. The third-order valence-corrected chi connectivity index (χ3v) is 4.68. The number of benzene rings is 1. The van der Waals surface area contributed by atoms with Crippen LogP contribution >= 0.6 is 23.4 Å². The van der Waals surface area contributed by atoms with E-state index >= 15 is 0 Å². The van der Waals surface area contributed by atoms with Crippen LogP contribution in [0.15, 0.2) is 34.1 Å². The van der Waals surface area contributed by atoms with Gasteiger partial charge in [0.05, 0.1) is 17.1 Å². The van der Waals surface area contributed by atoms with Crippen LogP contribution in [0.4, 0.5) is 0 Å². The fourth-order valence-corrected chi connectivity index (χ4v) is 2.91. The Bertz CT molecular complexity index is 792. The molecule has 3 rings (SSSR count). The number of hydrogen-bond donors (Lipinski definition) is 0. The molecule has 0 unspecified atom stereocenters. The molecule has 0 fully saturated rings. The molecular weight excluding hydrogens is 320 g/mol. The SMILES string of the molecule is Cc1ccc(-n2cnnc2SCc2nc(C)c(C)o2)cc1Cl. The van der Waals surface area contributed by atoms with Gasteiger partial charge < -0.3 is 4.42 Å². The minimum absolute atomic E-state index is 0.604. The highest BCUT2D eigenvalue weighted by Gasteiger charge is 2.11. The molecule has 3 aromatic rings. The molecule has 1 aromatic carbocycles. The molecule has 5 nitrogen and oxygen atoms in total. The average molecular weight is 335 g/mol. The molecule has 0 saturated carbocycles. The van der Waals surface area contributed by atoms with Gasteiger partial charge in [-0.15, -0.1) is 10.2 Å². The number of aromatic nitrogens is 4. The lowest BCUT2D eigenvalue weighted by Crippen LogP contribution is -1.96. The molecule has 2 heterocycles. The van der Waals surface area contributed by atoms with Crippen LogP contribution in [0.3, 0.4) is 0 Å². The quantitative estimate of drug-likeness (QED) is 0.671. The number of halogens is 1. The summed E-state index contributed by atoms with van der Waals surface area (Å²) in [7, 11) is 0. The topological polar surface area (TPSA) is 56.7 Å². The molecule has 22 heavy (non-hydrogen) atoms. The lowest BCUT2D eigenvalue weighted by atomic mass is 10.2. The fraction of sp³-hybridized carbons (Fsp3) is 0.267. The van der Waals surface area contributed by atoms with Crippen molar-refractivity contribution in [1.29, 1.82) is 0 Å². The summed E-state index contributed by atoms with van der Waals surface area (Å²) >= 11 is 7.71. The van der Waals surface area contributed by atoms with Gasteiger partial charge in [0, 0.05) is 5.02 Å². The predicted octanol–water partition coefficient (Wildman–Crippen LogP) is 4.13. The van der Waals surface area contributed by atoms with E-state index in [0.717, 1.165) is 32.9 Å². The van der Waals surface area contributed by atoms with Crippen molar-refractivity contribution in [3.05, 3.63) is 52.5 Å². The maximum atomic E-state index is 6.19. The van der Waals surface area contributed by atoms with E-state index in [4.69, 9.17) is 16.0 Å². The molecule has 0 saturated heterocycles. The predicted molar refractivity (Wildman–Crippen MR) is 86.6 cm³/mol. The van der Waals surface area contributed by atoms with E-state index in [1.807, 2.05) is 43.5 Å². The maximum absolute atomic E-state index is 6.19. The van der Waals surface area contributed by atoms with Gasteiger partial charge in [0.2, 0.25) is 5.89 Å². The molecule has 0 aliphatic rings. The van der Waals surface area contributed by atoms with E-state index in [1.165, 1.54) is 11.8 Å². The number of oxazole rings is 1. The molecule has 114 valence electrons. The minimum Gasteiger partial charge on any atom is -0.445 e. The van der Waals surface area contributed by atoms with Gasteiger partial charge in [-0.25, -0.2) is 4.98 Å². The molecule has 0 aliphatic carbocycles. The first-order chi connectivity index (χ1) is 10.5. The highest BCUT2D eigenvalue weighted by atomic mass is 35.5. The maximum Gasteiger partial charge on any atom is 0.205 e. The molecular formula is C15H15ClN4OS. The van der Waals surface area contributed by atoms with Gasteiger partial charge in [-0.1, -0.05) is 29.4 Å². The zero-order chi connectivity index (χ0) is 15.7. The molecule has 0 radical (unpaired) electrons.